The molecule has 37 heavy (non-hydrogen) atoms. The van der Waals surface area contributed by atoms with Gasteiger partial charge in [0.15, 0.2) is 0 Å². The zero-order valence-corrected chi connectivity index (χ0v) is 21.4. The van der Waals surface area contributed by atoms with Gasteiger partial charge >= 0.3 is 6.18 Å². The van der Waals surface area contributed by atoms with Crippen LogP contribution in [-0.4, -0.2) is 53.4 Å². The molecule has 3 aliphatic rings. The number of piperidine rings is 1. The topological polar surface area (TPSA) is 79.1 Å². The van der Waals surface area contributed by atoms with Crippen LogP contribution < -0.4 is 20.9 Å². The molecular weight excluding hydrogens is 479 g/mol. The van der Waals surface area contributed by atoms with Crippen molar-refractivity contribution >= 4 is 11.6 Å². The molecule has 7 nitrogen and oxygen atoms in total. The van der Waals surface area contributed by atoms with Gasteiger partial charge in [-0.1, -0.05) is 19.1 Å². The fraction of sp³-hybridized carbons (Fsp3) is 0.556. The molecule has 0 amide bonds. The van der Waals surface area contributed by atoms with Crippen molar-refractivity contribution in [2.45, 2.75) is 63.3 Å². The fourth-order valence-electron chi connectivity index (χ4n) is 6.52. The van der Waals surface area contributed by atoms with Crippen LogP contribution in [0.4, 0.5) is 24.8 Å². The summed E-state index contributed by atoms with van der Waals surface area (Å²) in [6, 6.07) is 5.69. The van der Waals surface area contributed by atoms with E-state index in [4.69, 9.17) is 10.7 Å². The van der Waals surface area contributed by atoms with Crippen LogP contribution in [0.1, 0.15) is 61.6 Å². The minimum Gasteiger partial charge on any atom is -0.383 e. The number of nitrogens with two attached hydrogens (primary N) is 1. The Bertz CT molecular complexity index is 1090. The minimum absolute atomic E-state index is 0.183. The predicted octanol–water partition coefficient (Wildman–Crippen LogP) is 4.33. The molecule has 5 rings (SSSR count). The van der Waals surface area contributed by atoms with Crippen LogP contribution in [0.5, 0.6) is 0 Å². The zero-order valence-electron chi connectivity index (χ0n) is 21.4. The molecule has 10 heteroatoms. The third-order valence-electron chi connectivity index (χ3n) is 8.59. The number of likely N-dealkylation sites (tertiary alicyclic amines) is 2. The molecule has 4 heterocycles. The highest BCUT2D eigenvalue weighted by atomic mass is 19.4. The number of hydrogen-bond donors (Lipinski definition) is 3. The van der Waals surface area contributed by atoms with Gasteiger partial charge in [-0.05, 0) is 56.0 Å². The summed E-state index contributed by atoms with van der Waals surface area (Å²) >= 11 is 0. The van der Waals surface area contributed by atoms with Gasteiger partial charge in [0.25, 0.3) is 5.79 Å². The molecule has 2 aromatic rings. The number of halogens is 3. The van der Waals surface area contributed by atoms with E-state index in [1.807, 2.05) is 12.4 Å². The summed E-state index contributed by atoms with van der Waals surface area (Å²) in [6.45, 7) is 6.84. The Hall–Kier alpha value is -2.85. The fourth-order valence-corrected chi connectivity index (χ4v) is 6.52. The van der Waals surface area contributed by atoms with E-state index in [2.05, 4.69) is 27.4 Å². The number of benzene rings is 1. The van der Waals surface area contributed by atoms with E-state index in [-0.39, 0.29) is 5.92 Å². The molecule has 4 N–H and O–H groups in total. The first kappa shape index (κ1) is 25.8. The van der Waals surface area contributed by atoms with Crippen LogP contribution in [0.3, 0.4) is 0 Å². The Morgan fingerprint density at radius 1 is 1.05 bits per heavy atom. The first-order valence-corrected chi connectivity index (χ1v) is 13.3. The number of hydrogen-bond acceptors (Lipinski definition) is 6. The Kier molecular flexibility index (Phi) is 7.06. The highest BCUT2D eigenvalue weighted by Gasteiger charge is 2.57. The predicted molar refractivity (Wildman–Crippen MR) is 139 cm³/mol. The molecule has 0 unspecified atom stereocenters. The Morgan fingerprint density at radius 3 is 2.30 bits per heavy atom. The smallest absolute Gasteiger partial charge is 0.383 e. The van der Waals surface area contributed by atoms with Crippen LogP contribution in [-0.2, 0) is 12.6 Å². The number of anilines is 1. The average molecular weight is 517 g/mol. The number of rotatable bonds is 7. The summed E-state index contributed by atoms with van der Waals surface area (Å²) in [6.07, 6.45) is 6.91. The molecule has 0 radical (unpaired) electrons. The normalized spacial score (nSPS) is 25.7. The Morgan fingerprint density at radius 2 is 1.70 bits per heavy atom. The van der Waals surface area contributed by atoms with Crippen LogP contribution in [0.2, 0.25) is 0 Å². The van der Waals surface area contributed by atoms with Gasteiger partial charge in [-0.25, -0.2) is 9.47 Å². The lowest BCUT2D eigenvalue weighted by Crippen LogP contribution is -2.77. The monoisotopic (exact) mass is 516 g/mol. The summed E-state index contributed by atoms with van der Waals surface area (Å²) in [4.78, 5) is 11.7. The molecule has 0 atom stereocenters. The standard InChI is InChI=1S/C27H37F3N7/c1-2-23-24(31)32-19-33-25(23)37(26(34-12-13-35-26)11-16-36-14-3-4-15-36)17-9-21(10-18-37)20-5-7-22(8-6-20)27(28,29)30/h5-8,12-13,19,21,34-35H,2-4,9-11,14-18H2,1H3,(H2,31,32,33)/q+1. The van der Waals surface area contributed by atoms with Crippen LogP contribution >= 0.6 is 0 Å². The Labute approximate surface area is 216 Å². The van der Waals surface area contributed by atoms with E-state index >= 15 is 0 Å². The van der Waals surface area contributed by atoms with Gasteiger partial charge in [-0.15, -0.1) is 0 Å². The summed E-state index contributed by atoms with van der Waals surface area (Å²) < 4.78 is 39.9. The molecule has 1 aromatic heterocycles. The number of nitrogen functional groups attached to an aromatic ring is 1. The Balaban J connectivity index is 1.48. The van der Waals surface area contributed by atoms with Crippen LogP contribution in [0.25, 0.3) is 0 Å². The third kappa shape index (κ3) is 4.77. The number of aromatic nitrogens is 2. The molecule has 3 aliphatic heterocycles. The van der Waals surface area contributed by atoms with Crippen LogP contribution in [0.15, 0.2) is 43.0 Å². The quantitative estimate of drug-likeness (QED) is 0.476. The summed E-state index contributed by atoms with van der Waals surface area (Å²) in [5, 5.41) is 7.36. The van der Waals surface area contributed by atoms with E-state index in [0.29, 0.717) is 10.3 Å². The molecular formula is C27H37F3N7+. The van der Waals surface area contributed by atoms with E-state index < -0.39 is 17.5 Å². The van der Waals surface area contributed by atoms with Gasteiger partial charge in [0.1, 0.15) is 12.1 Å². The maximum atomic E-state index is 13.1. The zero-order chi connectivity index (χ0) is 26.1. The molecule has 2 fully saturated rings. The molecule has 0 spiro atoms. The first-order valence-electron chi connectivity index (χ1n) is 13.3. The number of nitrogens with one attached hydrogen (secondary N) is 2. The third-order valence-corrected chi connectivity index (χ3v) is 8.59. The van der Waals surface area contributed by atoms with E-state index in [0.717, 1.165) is 75.4 Å². The summed E-state index contributed by atoms with van der Waals surface area (Å²) in [5.74, 6) is 1.14. The molecule has 0 bridgehead atoms. The minimum atomic E-state index is -4.32. The van der Waals surface area contributed by atoms with Crippen molar-refractivity contribution in [2.75, 3.05) is 38.5 Å². The second kappa shape index (κ2) is 10.1. The maximum absolute atomic E-state index is 13.1. The lowest BCUT2D eigenvalue weighted by Gasteiger charge is -2.53. The lowest BCUT2D eigenvalue weighted by molar-refractivity contribution is -0.137. The SMILES string of the molecule is CCc1c(N)ncnc1[N+]1(C2(CCN3CCCC3)NC=CN2)CCC(c2ccc(C(F)(F)F)cc2)CC1. The second-order valence-corrected chi connectivity index (χ2v) is 10.5. The molecule has 0 saturated carbocycles. The van der Waals surface area contributed by atoms with Gasteiger partial charge in [0, 0.05) is 31.8 Å². The van der Waals surface area contributed by atoms with Gasteiger partial charge in [0.2, 0.25) is 5.82 Å². The van der Waals surface area contributed by atoms with E-state index in [1.54, 1.807) is 18.5 Å². The van der Waals surface area contributed by atoms with Crippen molar-refractivity contribution in [3.05, 3.63) is 59.7 Å². The van der Waals surface area contributed by atoms with Crippen molar-refractivity contribution in [3.63, 3.8) is 0 Å². The summed E-state index contributed by atoms with van der Waals surface area (Å²) in [7, 11) is 0. The number of nitrogens with zero attached hydrogens (tertiary/aromatic N) is 4. The average Bonchev–Trinajstić information content (AvgIpc) is 3.60. The van der Waals surface area contributed by atoms with Crippen molar-refractivity contribution in [2.24, 2.45) is 0 Å². The molecule has 1 aromatic carbocycles. The second-order valence-electron chi connectivity index (χ2n) is 10.5. The molecule has 200 valence electrons. The van der Waals surface area contributed by atoms with Crippen LogP contribution in [0, 0.1) is 0 Å². The van der Waals surface area contributed by atoms with Gasteiger partial charge in [-0.3, -0.25) is 0 Å². The van der Waals surface area contributed by atoms with Crippen molar-refractivity contribution < 1.29 is 13.2 Å². The van der Waals surface area contributed by atoms with Crippen molar-refractivity contribution in [3.8, 4) is 0 Å². The van der Waals surface area contributed by atoms with Crippen molar-refractivity contribution in [1.29, 1.82) is 0 Å². The van der Waals surface area contributed by atoms with Gasteiger partial charge in [0.05, 0.1) is 30.6 Å². The number of alkyl halides is 3. The van der Waals surface area contributed by atoms with E-state index in [1.165, 1.54) is 25.0 Å². The lowest BCUT2D eigenvalue weighted by atomic mass is 9.86. The van der Waals surface area contributed by atoms with Gasteiger partial charge < -0.3 is 21.3 Å². The number of quaternary nitrogens is 1. The maximum Gasteiger partial charge on any atom is 0.416 e. The largest absolute Gasteiger partial charge is 0.416 e. The highest BCUT2D eigenvalue weighted by molar-refractivity contribution is 5.56. The molecule has 0 aliphatic carbocycles. The van der Waals surface area contributed by atoms with Gasteiger partial charge in [-0.2, -0.15) is 18.2 Å². The van der Waals surface area contributed by atoms with Crippen molar-refractivity contribution in [1.82, 2.24) is 30.0 Å². The van der Waals surface area contributed by atoms with E-state index in [9.17, 15) is 13.2 Å². The molecule has 2 saturated heterocycles. The highest BCUT2D eigenvalue weighted by Crippen LogP contribution is 2.43. The summed E-state index contributed by atoms with van der Waals surface area (Å²) in [5.41, 5.74) is 7.68. The first-order chi connectivity index (χ1) is 17.8.